The lowest BCUT2D eigenvalue weighted by molar-refractivity contribution is 0.632. The summed E-state index contributed by atoms with van der Waals surface area (Å²) in [6.07, 6.45) is 5.20. The number of nitrogens with zero attached hydrogens (tertiary/aromatic N) is 4. The van der Waals surface area contributed by atoms with Crippen LogP contribution in [0.15, 0.2) is 11.3 Å². The molecule has 1 heterocycles. The maximum absolute atomic E-state index is 4.18. The Hall–Kier alpha value is -0.860. The number of hydrogen-bond acceptors (Lipinski definition) is 3. The van der Waals surface area contributed by atoms with Crippen molar-refractivity contribution < 1.29 is 0 Å². The Bertz CT molecular complexity index is 385. The predicted molar refractivity (Wildman–Crippen MR) is 82.3 cm³/mol. The fourth-order valence-corrected chi connectivity index (χ4v) is 1.65. The van der Waals surface area contributed by atoms with E-state index in [1.54, 1.807) is 13.4 Å². The molecule has 1 aliphatic carbocycles. The van der Waals surface area contributed by atoms with E-state index >= 15 is 0 Å². The number of halogens is 1. The monoisotopic (exact) mass is 364 g/mol. The van der Waals surface area contributed by atoms with E-state index in [1.165, 1.54) is 12.8 Å². The largest absolute Gasteiger partial charge is 0.355 e. The van der Waals surface area contributed by atoms with E-state index in [2.05, 4.69) is 37.3 Å². The molecule has 1 fully saturated rings. The van der Waals surface area contributed by atoms with Gasteiger partial charge in [-0.2, -0.15) is 0 Å². The number of aryl methyl sites for hydroxylation is 1. The number of aliphatic imine (C=N–C) groups is 1. The van der Waals surface area contributed by atoms with Gasteiger partial charge in [-0.05, 0) is 12.8 Å². The van der Waals surface area contributed by atoms with E-state index in [0.29, 0.717) is 6.04 Å². The van der Waals surface area contributed by atoms with Crippen LogP contribution in [0.3, 0.4) is 0 Å². The lowest BCUT2D eigenvalue weighted by Gasteiger charge is -2.11. The topological polar surface area (TPSA) is 67.1 Å². The first-order chi connectivity index (χ1) is 8.33. The number of nitrogens with one attached hydrogen (secondary N) is 2. The zero-order valence-corrected chi connectivity index (χ0v) is 13.2. The van der Waals surface area contributed by atoms with E-state index in [4.69, 9.17) is 0 Å². The standard InChI is InChI=1S/C11H20N6.HI/c1-3-10-16-14-8-17(10)7-6-13-11(12-2)15-9-4-5-9;/h8-9H,3-7H2,1-2H3,(H2,12,13,15);1H. The van der Waals surface area contributed by atoms with Gasteiger partial charge in [0.25, 0.3) is 0 Å². The van der Waals surface area contributed by atoms with Gasteiger partial charge < -0.3 is 15.2 Å². The molecule has 6 nitrogen and oxygen atoms in total. The van der Waals surface area contributed by atoms with Gasteiger partial charge in [0.15, 0.2) is 5.96 Å². The summed E-state index contributed by atoms with van der Waals surface area (Å²) in [7, 11) is 1.80. The Balaban J connectivity index is 0.00000162. The van der Waals surface area contributed by atoms with Gasteiger partial charge in [-0.15, -0.1) is 34.2 Å². The molecule has 0 bridgehead atoms. The van der Waals surface area contributed by atoms with Crippen LogP contribution in [-0.2, 0) is 13.0 Å². The second-order valence-electron chi connectivity index (χ2n) is 4.21. The van der Waals surface area contributed by atoms with Crippen molar-refractivity contribution in [2.45, 2.75) is 38.8 Å². The van der Waals surface area contributed by atoms with Crippen LogP contribution in [0.5, 0.6) is 0 Å². The number of aromatic nitrogens is 3. The summed E-state index contributed by atoms with van der Waals surface area (Å²) in [6, 6.07) is 0.627. The van der Waals surface area contributed by atoms with Crippen molar-refractivity contribution in [2.75, 3.05) is 13.6 Å². The average molecular weight is 364 g/mol. The van der Waals surface area contributed by atoms with Crippen LogP contribution in [0.4, 0.5) is 0 Å². The molecule has 2 rings (SSSR count). The number of hydrogen-bond donors (Lipinski definition) is 2. The minimum atomic E-state index is 0. The van der Waals surface area contributed by atoms with Crippen LogP contribution in [0.25, 0.3) is 0 Å². The van der Waals surface area contributed by atoms with E-state index in [-0.39, 0.29) is 24.0 Å². The fraction of sp³-hybridized carbons (Fsp3) is 0.727. The lowest BCUT2D eigenvalue weighted by atomic mass is 10.4. The van der Waals surface area contributed by atoms with Gasteiger partial charge in [0, 0.05) is 32.6 Å². The quantitative estimate of drug-likeness (QED) is 0.461. The van der Waals surface area contributed by atoms with E-state index < -0.39 is 0 Å². The molecule has 0 aromatic carbocycles. The zero-order chi connectivity index (χ0) is 12.1. The molecule has 0 unspecified atom stereocenters. The van der Waals surface area contributed by atoms with Crippen LogP contribution < -0.4 is 10.6 Å². The first-order valence-corrected chi connectivity index (χ1v) is 6.17. The molecule has 0 radical (unpaired) electrons. The highest BCUT2D eigenvalue weighted by molar-refractivity contribution is 14.0. The smallest absolute Gasteiger partial charge is 0.191 e. The Kier molecular flexibility index (Phi) is 6.37. The zero-order valence-electron chi connectivity index (χ0n) is 10.9. The van der Waals surface area contributed by atoms with E-state index in [1.807, 2.05) is 0 Å². The van der Waals surface area contributed by atoms with Crippen molar-refractivity contribution in [2.24, 2.45) is 4.99 Å². The number of guanidine groups is 1. The molecule has 0 saturated heterocycles. The summed E-state index contributed by atoms with van der Waals surface area (Å²) < 4.78 is 2.07. The number of rotatable bonds is 5. The Morgan fingerprint density at radius 3 is 2.94 bits per heavy atom. The van der Waals surface area contributed by atoms with Crippen LogP contribution in [0.2, 0.25) is 0 Å². The molecule has 0 amide bonds. The van der Waals surface area contributed by atoms with Crippen LogP contribution in [0, 0.1) is 0 Å². The Morgan fingerprint density at radius 1 is 1.56 bits per heavy atom. The van der Waals surface area contributed by atoms with Gasteiger partial charge in [-0.25, -0.2) is 0 Å². The molecule has 1 aromatic heterocycles. The van der Waals surface area contributed by atoms with Crippen LogP contribution >= 0.6 is 24.0 Å². The highest BCUT2D eigenvalue weighted by Gasteiger charge is 2.21. The fourth-order valence-electron chi connectivity index (χ4n) is 1.65. The van der Waals surface area contributed by atoms with Crippen molar-refractivity contribution in [3.63, 3.8) is 0 Å². The van der Waals surface area contributed by atoms with Crippen molar-refractivity contribution in [3.8, 4) is 0 Å². The predicted octanol–water partition coefficient (Wildman–Crippen LogP) is 0.786. The summed E-state index contributed by atoms with van der Waals surface area (Å²) in [6.45, 7) is 3.78. The molecule has 0 aliphatic heterocycles. The highest BCUT2D eigenvalue weighted by atomic mass is 127. The van der Waals surface area contributed by atoms with Gasteiger partial charge in [0.1, 0.15) is 12.2 Å². The van der Waals surface area contributed by atoms with Gasteiger partial charge in [0.2, 0.25) is 0 Å². The summed E-state index contributed by atoms with van der Waals surface area (Å²) in [5.74, 6) is 1.91. The van der Waals surface area contributed by atoms with Gasteiger partial charge in [-0.1, -0.05) is 6.92 Å². The van der Waals surface area contributed by atoms with Crippen molar-refractivity contribution >= 4 is 29.9 Å². The normalized spacial score (nSPS) is 15.1. The molecular weight excluding hydrogens is 343 g/mol. The molecular formula is C11H21IN6. The summed E-state index contributed by atoms with van der Waals surface area (Å²) in [5, 5.41) is 14.6. The summed E-state index contributed by atoms with van der Waals surface area (Å²) in [4.78, 5) is 4.18. The van der Waals surface area contributed by atoms with Crippen LogP contribution in [-0.4, -0.2) is 40.4 Å². The van der Waals surface area contributed by atoms with Gasteiger partial charge in [-0.3, -0.25) is 4.99 Å². The molecule has 1 saturated carbocycles. The first kappa shape index (κ1) is 15.2. The van der Waals surface area contributed by atoms with Gasteiger partial charge in [0.05, 0.1) is 0 Å². The second-order valence-corrected chi connectivity index (χ2v) is 4.21. The molecule has 102 valence electrons. The SMILES string of the molecule is CCc1nncn1CCNC(=NC)NC1CC1.I. The van der Waals surface area contributed by atoms with Crippen molar-refractivity contribution in [1.82, 2.24) is 25.4 Å². The maximum Gasteiger partial charge on any atom is 0.191 e. The molecule has 0 atom stereocenters. The molecule has 0 spiro atoms. The Labute approximate surface area is 125 Å². The van der Waals surface area contributed by atoms with Gasteiger partial charge >= 0.3 is 0 Å². The molecule has 18 heavy (non-hydrogen) atoms. The molecule has 1 aromatic rings. The summed E-state index contributed by atoms with van der Waals surface area (Å²) in [5.41, 5.74) is 0. The molecule has 1 aliphatic rings. The van der Waals surface area contributed by atoms with Crippen molar-refractivity contribution in [3.05, 3.63) is 12.2 Å². The average Bonchev–Trinajstić information content (AvgIpc) is 3.05. The van der Waals surface area contributed by atoms with Crippen LogP contribution in [0.1, 0.15) is 25.6 Å². The van der Waals surface area contributed by atoms with E-state index in [0.717, 1.165) is 31.3 Å². The van der Waals surface area contributed by atoms with Crippen molar-refractivity contribution in [1.29, 1.82) is 0 Å². The third kappa shape index (κ3) is 4.43. The third-order valence-corrected chi connectivity index (χ3v) is 2.80. The second kappa shape index (κ2) is 7.55. The first-order valence-electron chi connectivity index (χ1n) is 6.17. The molecule has 7 heteroatoms. The third-order valence-electron chi connectivity index (χ3n) is 2.80. The van der Waals surface area contributed by atoms with E-state index in [9.17, 15) is 0 Å². The molecule has 2 N–H and O–H groups in total. The summed E-state index contributed by atoms with van der Waals surface area (Å²) >= 11 is 0. The lowest BCUT2D eigenvalue weighted by Crippen LogP contribution is -2.39. The Morgan fingerprint density at radius 2 is 2.33 bits per heavy atom. The minimum Gasteiger partial charge on any atom is -0.355 e. The minimum absolute atomic E-state index is 0. The highest BCUT2D eigenvalue weighted by Crippen LogP contribution is 2.18. The maximum atomic E-state index is 4.18.